The van der Waals surface area contributed by atoms with E-state index in [0.29, 0.717) is 12.0 Å². The first-order valence-corrected chi connectivity index (χ1v) is 6.64. The Morgan fingerprint density at radius 3 is 2.62 bits per heavy atom. The van der Waals surface area contributed by atoms with Gasteiger partial charge < -0.3 is 5.73 Å². The second-order valence-electron chi connectivity index (χ2n) is 4.72. The summed E-state index contributed by atoms with van der Waals surface area (Å²) in [6.45, 7) is 0. The first kappa shape index (κ1) is 12.1. The van der Waals surface area contributed by atoms with Gasteiger partial charge in [-0.05, 0) is 61.8 Å². The highest BCUT2D eigenvalue weighted by molar-refractivity contribution is 9.10. The number of nitrogens with two attached hydrogens (primary N) is 1. The third kappa shape index (κ3) is 3.05. The zero-order chi connectivity index (χ0) is 11.5. The Morgan fingerprint density at radius 2 is 1.94 bits per heavy atom. The normalized spacial score (nSPS) is 25.7. The Bertz CT molecular complexity index is 359. The molecule has 88 valence electrons. The molecule has 1 aliphatic carbocycles. The van der Waals surface area contributed by atoms with Gasteiger partial charge in [-0.15, -0.1) is 0 Å². The molecule has 3 heteroatoms. The van der Waals surface area contributed by atoms with Crippen LogP contribution in [0.1, 0.15) is 31.2 Å². The smallest absolute Gasteiger partial charge is 0.123 e. The van der Waals surface area contributed by atoms with E-state index in [1.807, 2.05) is 0 Å². The van der Waals surface area contributed by atoms with E-state index in [1.54, 1.807) is 12.1 Å². The summed E-state index contributed by atoms with van der Waals surface area (Å²) in [7, 11) is 0. The molecule has 1 aromatic rings. The van der Waals surface area contributed by atoms with Gasteiger partial charge in [0.25, 0.3) is 0 Å². The monoisotopic (exact) mass is 285 g/mol. The minimum absolute atomic E-state index is 0.147. The van der Waals surface area contributed by atoms with Crippen molar-refractivity contribution in [3.63, 3.8) is 0 Å². The van der Waals surface area contributed by atoms with Crippen LogP contribution in [0.25, 0.3) is 0 Å². The maximum Gasteiger partial charge on any atom is 0.123 e. The summed E-state index contributed by atoms with van der Waals surface area (Å²) in [6.07, 6.45) is 5.52. The molecular weight excluding hydrogens is 269 g/mol. The molecule has 1 fully saturated rings. The lowest BCUT2D eigenvalue weighted by Crippen LogP contribution is -2.27. The van der Waals surface area contributed by atoms with Crippen molar-refractivity contribution in [1.29, 1.82) is 0 Å². The summed E-state index contributed by atoms with van der Waals surface area (Å²) in [5, 5.41) is 0. The van der Waals surface area contributed by atoms with Gasteiger partial charge in [0.05, 0.1) is 0 Å². The van der Waals surface area contributed by atoms with Crippen LogP contribution in [0, 0.1) is 11.7 Å². The van der Waals surface area contributed by atoms with Crippen molar-refractivity contribution in [2.24, 2.45) is 11.7 Å². The molecule has 0 atom stereocenters. The quantitative estimate of drug-likeness (QED) is 0.882. The van der Waals surface area contributed by atoms with Crippen molar-refractivity contribution in [2.45, 2.75) is 38.1 Å². The molecule has 1 aromatic carbocycles. The Labute approximate surface area is 104 Å². The summed E-state index contributed by atoms with van der Waals surface area (Å²) >= 11 is 3.48. The molecule has 0 unspecified atom stereocenters. The predicted octanol–water partition coefficient (Wildman–Crippen LogP) is 3.65. The summed E-state index contributed by atoms with van der Waals surface area (Å²) in [6, 6.07) is 5.30. The highest BCUT2D eigenvalue weighted by Crippen LogP contribution is 2.29. The molecule has 0 amide bonds. The van der Waals surface area contributed by atoms with Gasteiger partial charge in [-0.1, -0.05) is 15.9 Å². The van der Waals surface area contributed by atoms with Crippen LogP contribution >= 0.6 is 15.9 Å². The lowest BCUT2D eigenvalue weighted by Gasteiger charge is -2.26. The summed E-state index contributed by atoms with van der Waals surface area (Å²) in [4.78, 5) is 0. The van der Waals surface area contributed by atoms with Crippen LogP contribution in [0.5, 0.6) is 0 Å². The molecule has 0 aliphatic heterocycles. The van der Waals surface area contributed by atoms with Gasteiger partial charge in [0, 0.05) is 10.5 Å². The second-order valence-corrected chi connectivity index (χ2v) is 5.57. The van der Waals surface area contributed by atoms with Gasteiger partial charge >= 0.3 is 0 Å². The maximum atomic E-state index is 13.1. The zero-order valence-electron chi connectivity index (χ0n) is 9.26. The Balaban J connectivity index is 2.00. The molecule has 0 bridgehead atoms. The van der Waals surface area contributed by atoms with E-state index in [1.165, 1.54) is 18.9 Å². The van der Waals surface area contributed by atoms with Crippen molar-refractivity contribution < 1.29 is 4.39 Å². The number of benzene rings is 1. The van der Waals surface area contributed by atoms with E-state index in [4.69, 9.17) is 5.73 Å². The van der Waals surface area contributed by atoms with Crippen molar-refractivity contribution >= 4 is 15.9 Å². The molecule has 1 nitrogen and oxygen atoms in total. The van der Waals surface area contributed by atoms with Crippen LogP contribution in [0.2, 0.25) is 0 Å². The molecule has 1 aliphatic rings. The van der Waals surface area contributed by atoms with E-state index in [2.05, 4.69) is 15.9 Å². The summed E-state index contributed by atoms with van der Waals surface area (Å²) in [5.41, 5.74) is 6.96. The molecule has 0 aromatic heterocycles. The van der Waals surface area contributed by atoms with Gasteiger partial charge in [-0.25, -0.2) is 4.39 Å². The van der Waals surface area contributed by atoms with Gasteiger partial charge in [-0.3, -0.25) is 0 Å². The summed E-state index contributed by atoms with van der Waals surface area (Å²) in [5.74, 6) is 0.517. The van der Waals surface area contributed by atoms with Crippen LogP contribution < -0.4 is 5.73 Å². The third-order valence-electron chi connectivity index (χ3n) is 3.41. The summed E-state index contributed by atoms with van der Waals surface area (Å²) < 4.78 is 14.1. The second kappa shape index (κ2) is 5.28. The van der Waals surface area contributed by atoms with E-state index in [-0.39, 0.29) is 5.82 Å². The van der Waals surface area contributed by atoms with Gasteiger partial charge in [-0.2, -0.15) is 0 Å². The fourth-order valence-corrected chi connectivity index (χ4v) is 2.81. The van der Waals surface area contributed by atoms with E-state index in [0.717, 1.165) is 29.3 Å². The first-order valence-electron chi connectivity index (χ1n) is 5.84. The molecule has 0 radical (unpaired) electrons. The van der Waals surface area contributed by atoms with Gasteiger partial charge in [0.1, 0.15) is 5.82 Å². The third-order valence-corrected chi connectivity index (χ3v) is 4.18. The van der Waals surface area contributed by atoms with Crippen LogP contribution in [-0.4, -0.2) is 6.04 Å². The number of rotatable bonds is 2. The fraction of sp³-hybridized carbons (Fsp3) is 0.538. The Morgan fingerprint density at radius 1 is 1.25 bits per heavy atom. The largest absolute Gasteiger partial charge is 0.328 e. The highest BCUT2D eigenvalue weighted by atomic mass is 79.9. The minimum Gasteiger partial charge on any atom is -0.328 e. The average molecular weight is 286 g/mol. The topological polar surface area (TPSA) is 26.0 Å². The predicted molar refractivity (Wildman–Crippen MR) is 67.7 cm³/mol. The van der Waals surface area contributed by atoms with E-state index < -0.39 is 0 Å². The van der Waals surface area contributed by atoms with Crippen LogP contribution in [0.15, 0.2) is 22.7 Å². The Hall–Kier alpha value is -0.410. The van der Waals surface area contributed by atoms with Crippen LogP contribution in [0.3, 0.4) is 0 Å². The van der Waals surface area contributed by atoms with Crippen molar-refractivity contribution in [3.8, 4) is 0 Å². The Kier molecular flexibility index (Phi) is 3.98. The van der Waals surface area contributed by atoms with Gasteiger partial charge in [0.2, 0.25) is 0 Å². The lowest BCUT2D eigenvalue weighted by molar-refractivity contribution is 0.324. The number of hydrogen-bond donors (Lipinski definition) is 1. The lowest BCUT2D eigenvalue weighted by atomic mass is 9.83. The van der Waals surface area contributed by atoms with E-state index in [9.17, 15) is 4.39 Å². The van der Waals surface area contributed by atoms with E-state index >= 15 is 0 Å². The average Bonchev–Trinajstić information content (AvgIpc) is 2.27. The molecule has 2 N–H and O–H groups in total. The molecule has 2 rings (SSSR count). The van der Waals surface area contributed by atoms with Crippen LogP contribution in [0.4, 0.5) is 4.39 Å². The zero-order valence-corrected chi connectivity index (χ0v) is 10.8. The molecular formula is C13H17BrFN. The molecule has 0 saturated heterocycles. The molecule has 0 spiro atoms. The van der Waals surface area contributed by atoms with Crippen molar-refractivity contribution in [1.82, 2.24) is 0 Å². The van der Waals surface area contributed by atoms with Crippen molar-refractivity contribution in [2.75, 3.05) is 0 Å². The minimum atomic E-state index is -0.147. The van der Waals surface area contributed by atoms with Crippen LogP contribution in [-0.2, 0) is 6.42 Å². The molecule has 0 heterocycles. The number of halogens is 2. The van der Waals surface area contributed by atoms with Crippen molar-refractivity contribution in [3.05, 3.63) is 34.1 Å². The standard InChI is InChI=1S/C13H17BrFN/c14-13-6-3-11(15)8-10(13)7-9-1-4-12(16)5-2-9/h3,6,8-9,12H,1-2,4-5,7,16H2. The van der Waals surface area contributed by atoms with Gasteiger partial charge in [0.15, 0.2) is 0 Å². The molecule has 16 heavy (non-hydrogen) atoms. The SMILES string of the molecule is NC1CCC(Cc2cc(F)ccc2Br)CC1. The fourth-order valence-electron chi connectivity index (χ4n) is 2.40. The highest BCUT2D eigenvalue weighted by Gasteiger charge is 2.19. The maximum absolute atomic E-state index is 13.1. The first-order chi connectivity index (χ1) is 7.65. The molecule has 1 saturated carbocycles. The number of hydrogen-bond acceptors (Lipinski definition) is 1.